The number of halogens is 3. The molecule has 0 radical (unpaired) electrons. The van der Waals surface area contributed by atoms with Crippen molar-refractivity contribution in [1.29, 1.82) is 0 Å². The van der Waals surface area contributed by atoms with E-state index in [2.05, 4.69) is 37.2 Å². The molecule has 0 saturated heterocycles. The second-order valence-electron chi connectivity index (χ2n) is 5.71. The van der Waals surface area contributed by atoms with Gasteiger partial charge in [-0.3, -0.25) is 0 Å². The molecule has 0 unspecified atom stereocenters. The Morgan fingerprint density at radius 3 is 2.19 bits per heavy atom. The van der Waals surface area contributed by atoms with Crippen molar-refractivity contribution in [3.05, 3.63) is 80.2 Å². The van der Waals surface area contributed by atoms with Gasteiger partial charge in [0.2, 0.25) is 9.84 Å². The second-order valence-corrected chi connectivity index (χ2v) is 9.77. The van der Waals surface area contributed by atoms with E-state index in [9.17, 15) is 13.5 Å². The first-order valence-corrected chi connectivity index (χ1v) is 11.2. The number of hydrogen-bond donors (Lipinski definition) is 2. The summed E-state index contributed by atoms with van der Waals surface area (Å²) in [7, 11) is -3.67. The molecule has 0 aliphatic heterocycles. The van der Waals surface area contributed by atoms with Crippen LogP contribution in [0, 0.1) is 0 Å². The summed E-state index contributed by atoms with van der Waals surface area (Å²) in [6.07, 6.45) is 0. The molecule has 2 N–H and O–H groups in total. The summed E-state index contributed by atoms with van der Waals surface area (Å²) in [4.78, 5) is 0.422. The monoisotopic (exact) mass is 529 g/mol. The van der Waals surface area contributed by atoms with Crippen LogP contribution in [0.3, 0.4) is 0 Å². The Labute approximate surface area is 179 Å². The molecule has 8 heteroatoms. The van der Waals surface area contributed by atoms with E-state index in [4.69, 9.17) is 11.6 Å². The normalized spacial score (nSPS) is 11.4. The van der Waals surface area contributed by atoms with Gasteiger partial charge >= 0.3 is 0 Å². The van der Waals surface area contributed by atoms with E-state index in [0.29, 0.717) is 26.1 Å². The lowest BCUT2D eigenvalue weighted by molar-refractivity contribution is 0.468. The van der Waals surface area contributed by atoms with Crippen molar-refractivity contribution >= 4 is 59.0 Å². The molecular formula is C19H14Br2ClNO3S. The van der Waals surface area contributed by atoms with Crippen LogP contribution in [0.5, 0.6) is 5.75 Å². The summed E-state index contributed by atoms with van der Waals surface area (Å²) in [5.41, 5.74) is 1.36. The van der Waals surface area contributed by atoms with E-state index in [-0.39, 0.29) is 15.5 Å². The smallest absolute Gasteiger partial charge is 0.206 e. The average molecular weight is 532 g/mol. The van der Waals surface area contributed by atoms with Gasteiger partial charge in [-0.25, -0.2) is 8.42 Å². The Hall–Kier alpha value is -1.54. The number of sulfone groups is 1. The molecule has 0 atom stereocenters. The molecule has 0 spiro atoms. The number of benzene rings is 3. The summed E-state index contributed by atoms with van der Waals surface area (Å²) in [5.74, 6) is 0.103. The van der Waals surface area contributed by atoms with Gasteiger partial charge in [-0.15, -0.1) is 0 Å². The van der Waals surface area contributed by atoms with E-state index in [1.165, 1.54) is 12.1 Å². The fourth-order valence-electron chi connectivity index (χ4n) is 2.52. The molecular weight excluding hydrogens is 518 g/mol. The molecule has 3 aromatic carbocycles. The molecule has 0 heterocycles. The van der Waals surface area contributed by atoms with Crippen LogP contribution < -0.4 is 5.32 Å². The zero-order valence-corrected chi connectivity index (χ0v) is 18.5. The Kier molecular flexibility index (Phi) is 6.15. The predicted molar refractivity (Wildman–Crippen MR) is 114 cm³/mol. The highest BCUT2D eigenvalue weighted by Crippen LogP contribution is 2.35. The third-order valence-corrected chi connectivity index (χ3v) is 7.22. The van der Waals surface area contributed by atoms with Gasteiger partial charge in [0.25, 0.3) is 0 Å². The first-order chi connectivity index (χ1) is 12.8. The molecule has 4 nitrogen and oxygen atoms in total. The molecule has 3 aromatic rings. The van der Waals surface area contributed by atoms with Crippen LogP contribution in [0.4, 0.5) is 5.69 Å². The Balaban J connectivity index is 1.91. The van der Waals surface area contributed by atoms with Gasteiger partial charge in [0, 0.05) is 17.3 Å². The topological polar surface area (TPSA) is 66.4 Å². The SMILES string of the molecule is O=S(=O)(c1ccc(Cl)cc1)c1ccccc1CNc1cc(Br)c(O)c(Br)c1. The maximum atomic E-state index is 13.0. The van der Waals surface area contributed by atoms with Gasteiger partial charge in [-0.05, 0) is 79.9 Å². The van der Waals surface area contributed by atoms with E-state index in [1.54, 1.807) is 48.5 Å². The molecule has 0 aliphatic rings. The molecule has 0 fully saturated rings. The molecule has 3 rings (SSSR count). The summed E-state index contributed by atoms with van der Waals surface area (Å²) in [5, 5.41) is 13.5. The van der Waals surface area contributed by atoms with Gasteiger partial charge in [-0.1, -0.05) is 29.8 Å². The van der Waals surface area contributed by atoms with Crippen LogP contribution in [-0.2, 0) is 16.4 Å². The van der Waals surface area contributed by atoms with E-state index >= 15 is 0 Å². The number of aromatic hydroxyl groups is 1. The fraction of sp³-hybridized carbons (Fsp3) is 0.0526. The predicted octanol–water partition coefficient (Wildman–Crippen LogP) is 6.02. The molecule has 140 valence electrons. The van der Waals surface area contributed by atoms with Crippen LogP contribution in [0.25, 0.3) is 0 Å². The Morgan fingerprint density at radius 2 is 1.56 bits per heavy atom. The highest BCUT2D eigenvalue weighted by atomic mass is 79.9. The summed E-state index contributed by atoms with van der Waals surface area (Å²) in [6, 6.07) is 16.4. The molecule has 0 saturated carbocycles. The standard InChI is InChI=1S/C19H14Br2ClNO3S/c20-16-9-14(10-17(21)19(16)24)23-11-12-3-1-2-4-18(12)27(25,26)15-7-5-13(22)6-8-15/h1-10,23-24H,11H2. The van der Waals surface area contributed by atoms with Gasteiger partial charge in [0.1, 0.15) is 5.75 Å². The number of hydrogen-bond acceptors (Lipinski definition) is 4. The fourth-order valence-corrected chi connectivity index (χ4v) is 5.32. The maximum absolute atomic E-state index is 13.0. The zero-order valence-electron chi connectivity index (χ0n) is 13.8. The zero-order chi connectivity index (χ0) is 19.6. The molecule has 27 heavy (non-hydrogen) atoms. The van der Waals surface area contributed by atoms with Crippen LogP contribution in [0.1, 0.15) is 5.56 Å². The van der Waals surface area contributed by atoms with Gasteiger partial charge in [0.05, 0.1) is 18.7 Å². The molecule has 0 bridgehead atoms. The number of rotatable bonds is 5. The van der Waals surface area contributed by atoms with Crippen LogP contribution >= 0.6 is 43.5 Å². The van der Waals surface area contributed by atoms with E-state index in [1.807, 2.05) is 0 Å². The average Bonchev–Trinajstić information content (AvgIpc) is 2.65. The van der Waals surface area contributed by atoms with Crippen molar-refractivity contribution in [2.45, 2.75) is 16.3 Å². The first-order valence-electron chi connectivity index (χ1n) is 7.79. The summed E-state index contributed by atoms with van der Waals surface area (Å²) >= 11 is 12.4. The van der Waals surface area contributed by atoms with Crippen LogP contribution in [0.2, 0.25) is 5.02 Å². The molecule has 0 aromatic heterocycles. The third kappa shape index (κ3) is 4.48. The molecule has 0 amide bonds. The minimum Gasteiger partial charge on any atom is -0.506 e. The van der Waals surface area contributed by atoms with Gasteiger partial charge < -0.3 is 10.4 Å². The summed E-state index contributed by atoms with van der Waals surface area (Å²) < 4.78 is 27.1. The largest absolute Gasteiger partial charge is 0.506 e. The van der Waals surface area contributed by atoms with Crippen molar-refractivity contribution in [3.63, 3.8) is 0 Å². The van der Waals surface area contributed by atoms with Crippen molar-refractivity contribution in [2.75, 3.05) is 5.32 Å². The number of anilines is 1. The van der Waals surface area contributed by atoms with Crippen LogP contribution in [-0.4, -0.2) is 13.5 Å². The highest BCUT2D eigenvalue weighted by Gasteiger charge is 2.21. The van der Waals surface area contributed by atoms with Crippen molar-refractivity contribution < 1.29 is 13.5 Å². The first kappa shape index (κ1) is 20.2. The minimum atomic E-state index is -3.67. The Morgan fingerprint density at radius 1 is 0.963 bits per heavy atom. The quantitative estimate of drug-likeness (QED) is 0.396. The molecule has 0 aliphatic carbocycles. The third-order valence-electron chi connectivity index (χ3n) is 3.89. The maximum Gasteiger partial charge on any atom is 0.206 e. The summed E-state index contributed by atoms with van der Waals surface area (Å²) in [6.45, 7) is 0.298. The van der Waals surface area contributed by atoms with Crippen molar-refractivity contribution in [2.24, 2.45) is 0 Å². The van der Waals surface area contributed by atoms with Crippen molar-refractivity contribution in [3.8, 4) is 5.75 Å². The lowest BCUT2D eigenvalue weighted by Gasteiger charge is -2.13. The second kappa shape index (κ2) is 8.22. The number of phenolic OH excluding ortho intramolecular Hbond substituents is 1. The van der Waals surface area contributed by atoms with Gasteiger partial charge in [-0.2, -0.15) is 0 Å². The number of nitrogens with one attached hydrogen (secondary N) is 1. The highest BCUT2D eigenvalue weighted by molar-refractivity contribution is 9.11. The van der Waals surface area contributed by atoms with E-state index < -0.39 is 9.84 Å². The number of phenols is 1. The van der Waals surface area contributed by atoms with Crippen LogP contribution in [0.15, 0.2) is 79.4 Å². The Bertz CT molecular complexity index is 1060. The lowest BCUT2D eigenvalue weighted by Crippen LogP contribution is -2.09. The van der Waals surface area contributed by atoms with E-state index in [0.717, 1.165) is 5.69 Å². The van der Waals surface area contributed by atoms with Gasteiger partial charge in [0.15, 0.2) is 0 Å². The minimum absolute atomic E-state index is 0.103. The van der Waals surface area contributed by atoms with Crippen molar-refractivity contribution in [1.82, 2.24) is 0 Å². The lowest BCUT2D eigenvalue weighted by atomic mass is 10.2.